The maximum atomic E-state index is 13.3. The number of hydrogen-bond acceptors (Lipinski definition) is 6. The Morgan fingerprint density at radius 2 is 1.77 bits per heavy atom. The van der Waals surface area contributed by atoms with E-state index in [4.69, 9.17) is 18.9 Å². The number of carbonyl (C=O) groups excluding carboxylic acids is 2. The Morgan fingerprint density at radius 3 is 2.40 bits per heavy atom. The molecule has 0 aromatic heterocycles. The summed E-state index contributed by atoms with van der Waals surface area (Å²) in [7, 11) is 1.58. The molecular formula is C27H34N2O6. The van der Waals surface area contributed by atoms with Crippen molar-refractivity contribution in [2.75, 3.05) is 20.3 Å². The SMILES string of the molecule is CCCCOc1ccc(C2NC(=O)NC(c3ccc(OC)cc3)=C2C(=O)OC(C)C)cc1OCC. The van der Waals surface area contributed by atoms with Crippen molar-refractivity contribution in [1.82, 2.24) is 10.6 Å². The summed E-state index contributed by atoms with van der Waals surface area (Å²) in [6.45, 7) is 8.58. The third-order valence-electron chi connectivity index (χ3n) is 5.37. The summed E-state index contributed by atoms with van der Waals surface area (Å²) in [6.07, 6.45) is 1.61. The molecule has 2 aromatic carbocycles. The molecule has 0 saturated carbocycles. The Labute approximate surface area is 206 Å². The van der Waals surface area contributed by atoms with E-state index in [0.717, 1.165) is 12.8 Å². The van der Waals surface area contributed by atoms with Gasteiger partial charge in [-0.05, 0) is 74.7 Å². The van der Waals surface area contributed by atoms with Gasteiger partial charge in [0.25, 0.3) is 0 Å². The highest BCUT2D eigenvalue weighted by atomic mass is 16.5. The van der Waals surface area contributed by atoms with Gasteiger partial charge in [-0.2, -0.15) is 0 Å². The van der Waals surface area contributed by atoms with Crippen molar-refractivity contribution >= 4 is 17.7 Å². The first-order chi connectivity index (χ1) is 16.9. The van der Waals surface area contributed by atoms with Crippen LogP contribution in [0.4, 0.5) is 4.79 Å². The highest BCUT2D eigenvalue weighted by molar-refractivity contribution is 6.04. The fourth-order valence-corrected chi connectivity index (χ4v) is 3.72. The highest BCUT2D eigenvalue weighted by Crippen LogP contribution is 2.37. The van der Waals surface area contributed by atoms with Gasteiger partial charge >= 0.3 is 12.0 Å². The zero-order chi connectivity index (χ0) is 25.4. The number of carbonyl (C=O) groups is 2. The molecule has 1 heterocycles. The van der Waals surface area contributed by atoms with Crippen molar-refractivity contribution in [1.29, 1.82) is 0 Å². The van der Waals surface area contributed by atoms with Crippen molar-refractivity contribution in [2.24, 2.45) is 0 Å². The number of urea groups is 1. The molecule has 0 bridgehead atoms. The van der Waals surface area contributed by atoms with Gasteiger partial charge in [0, 0.05) is 0 Å². The molecule has 188 valence electrons. The van der Waals surface area contributed by atoms with Crippen LogP contribution in [0.2, 0.25) is 0 Å². The molecule has 8 nitrogen and oxygen atoms in total. The predicted molar refractivity (Wildman–Crippen MR) is 134 cm³/mol. The summed E-state index contributed by atoms with van der Waals surface area (Å²) in [6, 6.07) is 11.4. The zero-order valence-electron chi connectivity index (χ0n) is 21.0. The molecular weight excluding hydrogens is 448 g/mol. The number of nitrogens with one attached hydrogen (secondary N) is 2. The van der Waals surface area contributed by atoms with E-state index in [1.54, 1.807) is 51.3 Å². The summed E-state index contributed by atoms with van der Waals surface area (Å²) in [5.74, 6) is 1.31. The van der Waals surface area contributed by atoms with Gasteiger partial charge in [-0.25, -0.2) is 9.59 Å². The molecule has 1 aliphatic rings. The molecule has 1 atom stereocenters. The number of hydrogen-bond donors (Lipinski definition) is 2. The molecule has 0 fully saturated rings. The van der Waals surface area contributed by atoms with Crippen LogP contribution in [0.5, 0.6) is 17.2 Å². The molecule has 8 heteroatoms. The van der Waals surface area contributed by atoms with Crippen molar-refractivity contribution < 1.29 is 28.5 Å². The van der Waals surface area contributed by atoms with Gasteiger partial charge in [-0.1, -0.05) is 19.4 Å². The second-order valence-corrected chi connectivity index (χ2v) is 8.34. The number of unbranched alkanes of at least 4 members (excludes halogenated alkanes) is 1. The van der Waals surface area contributed by atoms with Crippen LogP contribution in [0.1, 0.15) is 57.7 Å². The van der Waals surface area contributed by atoms with Crippen LogP contribution in [-0.4, -0.2) is 38.4 Å². The molecule has 2 aromatic rings. The summed E-state index contributed by atoms with van der Waals surface area (Å²) < 4.78 is 22.5. The molecule has 1 unspecified atom stereocenters. The van der Waals surface area contributed by atoms with Gasteiger partial charge in [0.15, 0.2) is 11.5 Å². The predicted octanol–water partition coefficient (Wildman–Crippen LogP) is 4.99. The summed E-state index contributed by atoms with van der Waals surface area (Å²) in [5.41, 5.74) is 2.01. The minimum atomic E-state index is -0.754. The fourth-order valence-electron chi connectivity index (χ4n) is 3.72. The fraction of sp³-hybridized carbons (Fsp3) is 0.407. The third-order valence-corrected chi connectivity index (χ3v) is 5.37. The molecule has 0 radical (unpaired) electrons. The van der Waals surface area contributed by atoms with Gasteiger partial charge in [0.2, 0.25) is 0 Å². The number of ether oxygens (including phenoxy) is 4. The molecule has 3 rings (SSSR count). The van der Waals surface area contributed by atoms with E-state index in [1.807, 2.05) is 19.1 Å². The molecule has 0 aliphatic carbocycles. The smallest absolute Gasteiger partial charge is 0.338 e. The lowest BCUT2D eigenvalue weighted by atomic mass is 9.92. The minimum Gasteiger partial charge on any atom is -0.497 e. The number of amides is 2. The molecule has 0 spiro atoms. The van der Waals surface area contributed by atoms with Crippen LogP contribution >= 0.6 is 0 Å². The maximum Gasteiger partial charge on any atom is 0.338 e. The number of rotatable bonds is 11. The van der Waals surface area contributed by atoms with E-state index < -0.39 is 18.0 Å². The molecule has 35 heavy (non-hydrogen) atoms. The lowest BCUT2D eigenvalue weighted by Crippen LogP contribution is -2.45. The zero-order valence-corrected chi connectivity index (χ0v) is 21.0. The third kappa shape index (κ3) is 6.47. The van der Waals surface area contributed by atoms with Gasteiger partial charge in [-0.3, -0.25) is 0 Å². The van der Waals surface area contributed by atoms with Gasteiger partial charge in [0.1, 0.15) is 5.75 Å². The van der Waals surface area contributed by atoms with Gasteiger partial charge in [-0.15, -0.1) is 0 Å². The molecule has 0 saturated heterocycles. The standard InChI is InChI=1S/C27H34N2O6/c1-6-8-15-34-21-14-11-19(16-22(21)33-7-2)25-23(26(30)35-17(3)4)24(28-27(31)29-25)18-9-12-20(32-5)13-10-18/h9-14,16-17,25H,6-8,15H2,1-5H3,(H2,28,29,31). The Morgan fingerprint density at radius 1 is 1.03 bits per heavy atom. The Bertz CT molecular complexity index is 1060. The molecule has 1 aliphatic heterocycles. The summed E-state index contributed by atoms with van der Waals surface area (Å²) in [4.78, 5) is 26.0. The average Bonchev–Trinajstić information content (AvgIpc) is 2.84. The average molecular weight is 483 g/mol. The largest absolute Gasteiger partial charge is 0.497 e. The Balaban J connectivity index is 2.10. The van der Waals surface area contributed by atoms with Gasteiger partial charge in [0.05, 0.1) is 43.7 Å². The number of benzene rings is 2. The first-order valence-electron chi connectivity index (χ1n) is 11.9. The van der Waals surface area contributed by atoms with Crippen molar-refractivity contribution in [2.45, 2.75) is 52.7 Å². The molecule has 2 amide bonds. The Hall–Kier alpha value is -3.68. The van der Waals surface area contributed by atoms with Crippen molar-refractivity contribution in [3.63, 3.8) is 0 Å². The van der Waals surface area contributed by atoms with Crippen molar-refractivity contribution in [3.05, 3.63) is 59.2 Å². The lowest BCUT2D eigenvalue weighted by molar-refractivity contribution is -0.143. The van der Waals surface area contributed by atoms with Crippen LogP contribution < -0.4 is 24.8 Å². The monoisotopic (exact) mass is 482 g/mol. The van der Waals surface area contributed by atoms with Gasteiger partial charge < -0.3 is 29.6 Å². The van der Waals surface area contributed by atoms with E-state index in [9.17, 15) is 9.59 Å². The van der Waals surface area contributed by atoms with E-state index in [2.05, 4.69) is 17.6 Å². The first kappa shape index (κ1) is 25.9. The second kappa shape index (κ2) is 12.1. The molecule has 2 N–H and O–H groups in total. The van der Waals surface area contributed by atoms with Crippen LogP contribution in [0.3, 0.4) is 0 Å². The lowest BCUT2D eigenvalue weighted by Gasteiger charge is -2.30. The Kier molecular flexibility index (Phi) is 9.00. The van der Waals surface area contributed by atoms with E-state index in [0.29, 0.717) is 52.9 Å². The number of esters is 1. The summed E-state index contributed by atoms with van der Waals surface area (Å²) in [5, 5.41) is 5.66. The van der Waals surface area contributed by atoms with Crippen LogP contribution in [0.15, 0.2) is 48.0 Å². The second-order valence-electron chi connectivity index (χ2n) is 8.34. The van der Waals surface area contributed by atoms with Crippen molar-refractivity contribution in [3.8, 4) is 17.2 Å². The summed E-state index contributed by atoms with van der Waals surface area (Å²) >= 11 is 0. The maximum absolute atomic E-state index is 13.3. The normalized spacial score (nSPS) is 15.4. The van der Waals surface area contributed by atoms with Crippen LogP contribution in [0, 0.1) is 0 Å². The van der Waals surface area contributed by atoms with E-state index in [-0.39, 0.29) is 6.10 Å². The first-order valence-corrected chi connectivity index (χ1v) is 11.9. The van der Waals surface area contributed by atoms with E-state index >= 15 is 0 Å². The topological polar surface area (TPSA) is 95.1 Å². The quantitative estimate of drug-likeness (QED) is 0.346. The van der Waals surface area contributed by atoms with Crippen LogP contribution in [-0.2, 0) is 9.53 Å². The van der Waals surface area contributed by atoms with Crippen LogP contribution in [0.25, 0.3) is 5.70 Å². The number of methoxy groups -OCH3 is 1. The highest BCUT2D eigenvalue weighted by Gasteiger charge is 2.35. The van der Waals surface area contributed by atoms with E-state index in [1.165, 1.54) is 0 Å². The minimum absolute atomic E-state index is 0.297.